The molecule has 0 N–H and O–H groups in total. The molecule has 0 heteroatoms. The Hall–Kier alpha value is -1.82. The van der Waals surface area contributed by atoms with Gasteiger partial charge in [-0.2, -0.15) is 0 Å². The van der Waals surface area contributed by atoms with E-state index in [0.29, 0.717) is 0 Å². The van der Waals surface area contributed by atoms with Crippen LogP contribution in [0.15, 0.2) is 48.5 Å². The predicted molar refractivity (Wildman–Crippen MR) is 119 cm³/mol. The number of hydrogen-bond acceptors (Lipinski definition) is 0. The molecule has 0 unspecified atom stereocenters. The van der Waals surface area contributed by atoms with Crippen LogP contribution in [0.25, 0.3) is 21.5 Å². The maximum absolute atomic E-state index is 2.33. The molecular weight excluding hydrogens is 300 g/mol. The summed E-state index contributed by atoms with van der Waals surface area (Å²) in [6.07, 6.45) is 0. The minimum atomic E-state index is 0.198. The van der Waals surface area contributed by atoms with E-state index in [1.54, 1.807) is 0 Å². The molecule has 0 aliphatic carbocycles. The Labute approximate surface area is 156 Å². The van der Waals surface area contributed by atoms with Crippen LogP contribution >= 0.6 is 0 Å². The van der Waals surface area contributed by atoms with Gasteiger partial charge in [-0.05, 0) is 57.1 Å². The fourth-order valence-electron chi connectivity index (χ4n) is 2.98. The van der Waals surface area contributed by atoms with Crippen LogP contribution in [0.1, 0.15) is 73.4 Å². The topological polar surface area (TPSA) is 0 Å². The van der Waals surface area contributed by atoms with Crippen LogP contribution in [0.2, 0.25) is 0 Å². The molecular formula is C25H38. The lowest BCUT2D eigenvalue weighted by atomic mass is 9.82. The van der Waals surface area contributed by atoms with Crippen molar-refractivity contribution in [3.05, 3.63) is 59.7 Å². The van der Waals surface area contributed by atoms with Crippen LogP contribution in [0, 0.1) is 6.92 Å². The standard InChI is InChI=1S/C19H20.3C2H6/c1-13-17-12-15-8-6-5-7-14(15)11-16(17)9-10-18(13)19(2,3)4;3*1-2/h5-12H,1-4H3;3*1-2H3. The zero-order valence-electron chi connectivity index (χ0n) is 18.1. The van der Waals surface area contributed by atoms with Gasteiger partial charge in [-0.15, -0.1) is 0 Å². The van der Waals surface area contributed by atoms with Gasteiger partial charge in [0.05, 0.1) is 0 Å². The van der Waals surface area contributed by atoms with Crippen LogP contribution in [0.4, 0.5) is 0 Å². The van der Waals surface area contributed by atoms with Crippen molar-refractivity contribution in [2.75, 3.05) is 0 Å². The average Bonchev–Trinajstić information content (AvgIpc) is 2.65. The molecule has 0 bridgehead atoms. The average molecular weight is 339 g/mol. The van der Waals surface area contributed by atoms with E-state index in [9.17, 15) is 0 Å². The summed E-state index contributed by atoms with van der Waals surface area (Å²) >= 11 is 0. The molecule has 3 rings (SSSR count). The van der Waals surface area contributed by atoms with Gasteiger partial charge in [0.25, 0.3) is 0 Å². The Morgan fingerprint density at radius 2 is 1.08 bits per heavy atom. The number of aryl methyl sites for hydroxylation is 1. The van der Waals surface area contributed by atoms with Crippen molar-refractivity contribution < 1.29 is 0 Å². The van der Waals surface area contributed by atoms with E-state index in [-0.39, 0.29) is 5.41 Å². The molecule has 0 amide bonds. The van der Waals surface area contributed by atoms with E-state index in [0.717, 1.165) is 0 Å². The largest absolute Gasteiger partial charge is 0.0683 e. The number of rotatable bonds is 0. The van der Waals surface area contributed by atoms with Crippen LogP contribution in [-0.2, 0) is 5.41 Å². The molecule has 25 heavy (non-hydrogen) atoms. The normalized spacial score (nSPS) is 10.0. The van der Waals surface area contributed by atoms with Crippen molar-refractivity contribution in [2.24, 2.45) is 0 Å². The predicted octanol–water partition coefficient (Wildman–Crippen LogP) is 8.68. The molecule has 0 aliphatic heterocycles. The Balaban J connectivity index is 0.000000871. The molecule has 0 spiro atoms. The van der Waals surface area contributed by atoms with Crippen molar-refractivity contribution in [1.29, 1.82) is 0 Å². The first-order valence-corrected chi connectivity index (χ1v) is 9.89. The quantitative estimate of drug-likeness (QED) is 0.360. The maximum Gasteiger partial charge on any atom is -0.0129 e. The fraction of sp³-hybridized carbons (Fsp3) is 0.440. The van der Waals surface area contributed by atoms with Gasteiger partial charge < -0.3 is 0 Å². The summed E-state index contributed by atoms with van der Waals surface area (Å²) in [4.78, 5) is 0. The summed E-state index contributed by atoms with van der Waals surface area (Å²) in [5.74, 6) is 0. The lowest BCUT2D eigenvalue weighted by Gasteiger charge is -2.23. The van der Waals surface area contributed by atoms with Gasteiger partial charge in [-0.25, -0.2) is 0 Å². The Bertz CT molecular complexity index is 758. The van der Waals surface area contributed by atoms with Crippen LogP contribution in [0.5, 0.6) is 0 Å². The third-order valence-electron chi connectivity index (χ3n) is 3.96. The van der Waals surface area contributed by atoms with Crippen LogP contribution in [-0.4, -0.2) is 0 Å². The highest BCUT2D eigenvalue weighted by molar-refractivity contribution is 6.00. The molecule has 3 aromatic carbocycles. The number of fused-ring (bicyclic) bond motifs is 2. The maximum atomic E-state index is 2.33. The molecule has 138 valence electrons. The van der Waals surface area contributed by atoms with Gasteiger partial charge in [0, 0.05) is 0 Å². The monoisotopic (exact) mass is 338 g/mol. The molecule has 0 atom stereocenters. The molecule has 0 radical (unpaired) electrons. The first-order valence-electron chi connectivity index (χ1n) is 9.89. The third-order valence-corrected chi connectivity index (χ3v) is 3.96. The van der Waals surface area contributed by atoms with Gasteiger partial charge in [-0.3, -0.25) is 0 Å². The van der Waals surface area contributed by atoms with Crippen LogP contribution < -0.4 is 0 Å². The molecule has 0 aliphatic rings. The molecule has 0 aromatic heterocycles. The molecule has 0 saturated carbocycles. The summed E-state index contributed by atoms with van der Waals surface area (Å²) in [6, 6.07) is 17.8. The zero-order chi connectivity index (χ0) is 19.6. The first-order chi connectivity index (χ1) is 12.0. The minimum absolute atomic E-state index is 0.198. The van der Waals surface area contributed by atoms with Crippen molar-refractivity contribution in [3.8, 4) is 0 Å². The Morgan fingerprint density at radius 1 is 0.600 bits per heavy atom. The summed E-state index contributed by atoms with van der Waals surface area (Å²) in [5.41, 5.74) is 3.05. The van der Waals surface area contributed by atoms with Gasteiger partial charge in [-0.1, -0.05) is 98.7 Å². The molecule has 0 saturated heterocycles. The second-order valence-corrected chi connectivity index (χ2v) is 6.41. The van der Waals surface area contributed by atoms with Crippen molar-refractivity contribution in [1.82, 2.24) is 0 Å². The van der Waals surface area contributed by atoms with Gasteiger partial charge in [0.1, 0.15) is 0 Å². The first kappa shape index (κ1) is 23.2. The summed E-state index contributed by atoms with van der Waals surface area (Å²) in [5, 5.41) is 5.36. The smallest absolute Gasteiger partial charge is 0.0129 e. The lowest BCUT2D eigenvalue weighted by molar-refractivity contribution is 0.587. The Kier molecular flexibility index (Phi) is 10.1. The highest BCUT2D eigenvalue weighted by atomic mass is 14.2. The second-order valence-electron chi connectivity index (χ2n) is 6.41. The van der Waals surface area contributed by atoms with E-state index in [1.807, 2.05) is 41.5 Å². The summed E-state index contributed by atoms with van der Waals surface area (Å²) in [7, 11) is 0. The number of hydrogen-bond donors (Lipinski definition) is 0. The summed E-state index contributed by atoms with van der Waals surface area (Å²) in [6.45, 7) is 21.1. The van der Waals surface area contributed by atoms with Crippen LogP contribution in [0.3, 0.4) is 0 Å². The molecule has 3 aromatic rings. The molecule has 0 fully saturated rings. The highest BCUT2D eigenvalue weighted by Crippen LogP contribution is 2.32. The van der Waals surface area contributed by atoms with E-state index in [2.05, 4.69) is 76.2 Å². The SMILES string of the molecule is CC.CC.CC.Cc1c(C(C)(C)C)ccc2cc3ccccc3cc12. The molecule has 0 heterocycles. The van der Waals surface area contributed by atoms with Crippen molar-refractivity contribution in [2.45, 2.75) is 74.7 Å². The summed E-state index contributed by atoms with van der Waals surface area (Å²) < 4.78 is 0. The van der Waals surface area contributed by atoms with Crippen molar-refractivity contribution >= 4 is 21.5 Å². The Morgan fingerprint density at radius 3 is 1.56 bits per heavy atom. The van der Waals surface area contributed by atoms with E-state index in [1.165, 1.54) is 32.7 Å². The highest BCUT2D eigenvalue weighted by Gasteiger charge is 2.17. The van der Waals surface area contributed by atoms with Gasteiger partial charge in [0.15, 0.2) is 0 Å². The zero-order valence-corrected chi connectivity index (χ0v) is 18.1. The van der Waals surface area contributed by atoms with E-state index >= 15 is 0 Å². The van der Waals surface area contributed by atoms with Gasteiger partial charge in [0.2, 0.25) is 0 Å². The van der Waals surface area contributed by atoms with E-state index in [4.69, 9.17) is 0 Å². The van der Waals surface area contributed by atoms with Crippen molar-refractivity contribution in [3.63, 3.8) is 0 Å². The number of benzene rings is 3. The third kappa shape index (κ3) is 5.59. The lowest BCUT2D eigenvalue weighted by Crippen LogP contribution is -2.13. The second kappa shape index (κ2) is 10.9. The fourth-order valence-corrected chi connectivity index (χ4v) is 2.98. The van der Waals surface area contributed by atoms with Gasteiger partial charge >= 0.3 is 0 Å². The van der Waals surface area contributed by atoms with E-state index < -0.39 is 0 Å². The molecule has 0 nitrogen and oxygen atoms in total. The minimum Gasteiger partial charge on any atom is -0.0683 e.